The highest BCUT2D eigenvalue weighted by Crippen LogP contribution is 2.50. The van der Waals surface area contributed by atoms with E-state index in [1.165, 1.54) is 11.1 Å². The Morgan fingerprint density at radius 1 is 0.800 bits per heavy atom. The predicted molar refractivity (Wildman–Crippen MR) is 193 cm³/mol. The summed E-state index contributed by atoms with van der Waals surface area (Å²) in [6.45, 7) is 3.94. The monoisotopic (exact) mass is 711 g/mol. The topological polar surface area (TPSA) is 100 Å². The maximum Gasteiger partial charge on any atom is 0.220 e. The number of methoxy groups -OCH3 is 2. The van der Waals surface area contributed by atoms with Gasteiger partial charge in [-0.05, 0) is 48.9 Å². The third kappa shape index (κ3) is 5.12. The van der Waals surface area contributed by atoms with E-state index in [9.17, 15) is 9.90 Å². The van der Waals surface area contributed by atoms with Gasteiger partial charge in [0.25, 0.3) is 0 Å². The standard InChI is InChI=1S/C39H39Cl2N5O4/c1-49-37-33-21(9-11-30(33)45-16-23(47)17-45)13-28(43-37)26-7-3-5-24(35(26)40)25-6-4-8-27(36(25)41)29-14-22-10-12-31(34(22)38(44-29)50-2)46-19-39(20-46)15-32(48)42-18-39/h3-8,13-14,23,30-31,47H,9-12,15-20H2,1-2H3,(H,42,48)/t30-,31+/m0/s1. The maximum atomic E-state index is 11.9. The number of aliphatic hydroxyl groups excluding tert-OH is 1. The average Bonchev–Trinajstić information content (AvgIpc) is 3.82. The number of aryl methyl sites for hydroxylation is 2. The van der Waals surface area contributed by atoms with Gasteiger partial charge in [-0.25, -0.2) is 9.97 Å². The summed E-state index contributed by atoms with van der Waals surface area (Å²) in [7, 11) is 3.34. The number of carbonyl (C=O) groups excluding carboxylic acids is 1. The van der Waals surface area contributed by atoms with E-state index in [4.69, 9.17) is 42.6 Å². The first-order chi connectivity index (χ1) is 24.3. The first kappa shape index (κ1) is 32.2. The van der Waals surface area contributed by atoms with Crippen LogP contribution in [0.3, 0.4) is 0 Å². The normalized spacial score (nSPS) is 22.6. The van der Waals surface area contributed by atoms with Crippen molar-refractivity contribution in [3.8, 4) is 45.4 Å². The molecule has 2 aromatic carbocycles. The fourth-order valence-electron chi connectivity index (χ4n) is 9.11. The Bertz CT molecular complexity index is 2040. The van der Waals surface area contributed by atoms with Crippen molar-refractivity contribution in [1.82, 2.24) is 25.1 Å². The first-order valence-electron chi connectivity index (χ1n) is 17.4. The molecular weight excluding hydrogens is 673 g/mol. The summed E-state index contributed by atoms with van der Waals surface area (Å²) in [5, 5.41) is 14.0. The summed E-state index contributed by atoms with van der Waals surface area (Å²) in [5.74, 6) is 1.40. The minimum absolute atomic E-state index is 0.0673. The molecule has 9 nitrogen and oxygen atoms in total. The van der Waals surface area contributed by atoms with E-state index in [0.717, 1.165) is 90.1 Å². The van der Waals surface area contributed by atoms with Crippen LogP contribution in [0.2, 0.25) is 10.0 Å². The Kier molecular flexibility index (Phi) is 7.86. The van der Waals surface area contributed by atoms with Crippen molar-refractivity contribution in [2.75, 3.05) is 46.9 Å². The molecule has 0 bridgehead atoms. The molecule has 1 spiro atoms. The second-order valence-corrected chi connectivity index (χ2v) is 15.3. The molecule has 2 N–H and O–H groups in total. The number of halogens is 2. The van der Waals surface area contributed by atoms with Crippen molar-refractivity contribution in [1.29, 1.82) is 0 Å². The van der Waals surface area contributed by atoms with Gasteiger partial charge in [-0.2, -0.15) is 0 Å². The van der Waals surface area contributed by atoms with Crippen LogP contribution in [-0.2, 0) is 17.6 Å². The van der Waals surface area contributed by atoms with E-state index in [1.807, 2.05) is 36.4 Å². The van der Waals surface area contributed by atoms with E-state index >= 15 is 0 Å². The second kappa shape index (κ2) is 12.2. The number of rotatable bonds is 7. The lowest BCUT2D eigenvalue weighted by molar-refractivity contribution is -0.121. The van der Waals surface area contributed by atoms with Crippen LogP contribution < -0.4 is 14.8 Å². The fourth-order valence-corrected chi connectivity index (χ4v) is 9.76. The molecule has 258 valence electrons. The molecule has 9 rings (SSSR count). The van der Waals surface area contributed by atoms with Crippen LogP contribution in [0.15, 0.2) is 48.5 Å². The van der Waals surface area contributed by atoms with Gasteiger partial charge in [-0.1, -0.05) is 59.6 Å². The lowest BCUT2D eigenvalue weighted by Crippen LogP contribution is -2.58. The number of β-amino-alcohol motifs (C(OH)–C–C–N with tert-alkyl or cyclic N) is 1. The van der Waals surface area contributed by atoms with Crippen LogP contribution in [0.1, 0.15) is 53.6 Å². The molecule has 0 unspecified atom stereocenters. The summed E-state index contributed by atoms with van der Waals surface area (Å²) in [4.78, 5) is 26.7. The van der Waals surface area contributed by atoms with Gasteiger partial charge >= 0.3 is 0 Å². The quantitative estimate of drug-likeness (QED) is 0.231. The smallest absolute Gasteiger partial charge is 0.220 e. The zero-order valence-corrected chi connectivity index (χ0v) is 29.7. The highest BCUT2D eigenvalue weighted by atomic mass is 35.5. The van der Waals surface area contributed by atoms with E-state index in [-0.39, 0.29) is 29.5 Å². The SMILES string of the molecule is COc1nc(-c2cccc(-c3cccc(-c4cc5c(c(OC)n4)[C@@H](N4CC(O)C4)CC5)c3Cl)c2Cl)cc2c1[C@H](N1CC3(CNC(=O)C3)C1)CC2. The molecule has 4 aromatic rings. The van der Waals surface area contributed by atoms with E-state index in [0.29, 0.717) is 41.3 Å². The molecule has 2 aliphatic carbocycles. The van der Waals surface area contributed by atoms with Gasteiger partial charge in [-0.3, -0.25) is 14.6 Å². The van der Waals surface area contributed by atoms with Crippen LogP contribution in [0, 0.1) is 5.41 Å². The van der Waals surface area contributed by atoms with Crippen LogP contribution >= 0.6 is 23.2 Å². The molecule has 50 heavy (non-hydrogen) atoms. The molecule has 11 heteroatoms. The molecule has 1 amide bonds. The second-order valence-electron chi connectivity index (χ2n) is 14.6. The van der Waals surface area contributed by atoms with Crippen molar-refractivity contribution < 1.29 is 19.4 Å². The van der Waals surface area contributed by atoms with Gasteiger partial charge in [0.05, 0.1) is 41.8 Å². The summed E-state index contributed by atoms with van der Waals surface area (Å²) in [6.07, 6.45) is 4.16. The van der Waals surface area contributed by atoms with Crippen LogP contribution in [0.25, 0.3) is 33.6 Å². The third-order valence-electron chi connectivity index (χ3n) is 11.5. The van der Waals surface area contributed by atoms with Crippen molar-refractivity contribution in [2.45, 2.75) is 50.3 Å². The number of nitrogens with zero attached hydrogens (tertiary/aromatic N) is 4. The number of hydrogen-bond donors (Lipinski definition) is 2. The lowest BCUT2D eigenvalue weighted by Gasteiger charge is -2.50. The first-order valence-corrected chi connectivity index (χ1v) is 18.2. The minimum Gasteiger partial charge on any atom is -0.481 e. The Hall–Kier alpha value is -3.73. The molecule has 0 radical (unpaired) electrons. The van der Waals surface area contributed by atoms with Gasteiger partial charge in [0.2, 0.25) is 17.7 Å². The number of pyridine rings is 2. The molecule has 5 heterocycles. The molecule has 3 aliphatic heterocycles. The van der Waals surface area contributed by atoms with Gasteiger partial charge in [0, 0.05) is 90.0 Å². The van der Waals surface area contributed by atoms with Crippen LogP contribution in [-0.4, -0.2) is 83.8 Å². The Morgan fingerprint density at radius 2 is 1.30 bits per heavy atom. The number of ether oxygens (including phenoxy) is 2. The van der Waals surface area contributed by atoms with Crippen molar-refractivity contribution in [2.24, 2.45) is 5.41 Å². The van der Waals surface area contributed by atoms with E-state index in [2.05, 4.69) is 27.2 Å². The Labute approximate surface area is 301 Å². The largest absolute Gasteiger partial charge is 0.481 e. The number of benzene rings is 2. The number of amides is 1. The molecular formula is C39H39Cl2N5O4. The summed E-state index contributed by atoms with van der Waals surface area (Å²) >= 11 is 14.5. The number of carbonyl (C=O) groups is 1. The van der Waals surface area contributed by atoms with Crippen molar-refractivity contribution in [3.05, 3.63) is 80.8 Å². The number of likely N-dealkylation sites (tertiary alicyclic amines) is 2. The van der Waals surface area contributed by atoms with Crippen LogP contribution in [0.5, 0.6) is 11.8 Å². The summed E-state index contributed by atoms with van der Waals surface area (Å²) in [6, 6.07) is 16.7. The molecule has 3 fully saturated rings. The van der Waals surface area contributed by atoms with E-state index < -0.39 is 0 Å². The van der Waals surface area contributed by atoms with Gasteiger partial charge in [-0.15, -0.1) is 0 Å². The highest BCUT2D eigenvalue weighted by molar-refractivity contribution is 6.39. The average molecular weight is 713 g/mol. The number of aromatic nitrogens is 2. The van der Waals surface area contributed by atoms with Gasteiger partial charge in [0.1, 0.15) is 0 Å². The number of fused-ring (bicyclic) bond motifs is 2. The van der Waals surface area contributed by atoms with Crippen molar-refractivity contribution in [3.63, 3.8) is 0 Å². The number of hydrogen-bond acceptors (Lipinski definition) is 8. The number of nitrogens with one attached hydrogen (secondary N) is 1. The zero-order chi connectivity index (χ0) is 34.3. The fraction of sp³-hybridized carbons (Fsp3) is 0.410. The molecule has 3 saturated heterocycles. The number of aliphatic hydroxyl groups is 1. The summed E-state index contributed by atoms with van der Waals surface area (Å²) in [5.41, 5.74) is 9.53. The summed E-state index contributed by atoms with van der Waals surface area (Å²) < 4.78 is 11.8. The van der Waals surface area contributed by atoms with Gasteiger partial charge < -0.3 is 19.9 Å². The molecule has 2 atom stereocenters. The van der Waals surface area contributed by atoms with Gasteiger partial charge in [0.15, 0.2) is 0 Å². The Morgan fingerprint density at radius 3 is 1.76 bits per heavy atom. The van der Waals surface area contributed by atoms with Crippen molar-refractivity contribution >= 4 is 29.1 Å². The maximum absolute atomic E-state index is 11.9. The van der Waals surface area contributed by atoms with Crippen LogP contribution in [0.4, 0.5) is 0 Å². The lowest BCUT2D eigenvalue weighted by atomic mass is 9.77. The molecule has 2 aromatic heterocycles. The Balaban J connectivity index is 1.03. The van der Waals surface area contributed by atoms with E-state index in [1.54, 1.807) is 14.2 Å². The third-order valence-corrected chi connectivity index (χ3v) is 12.3. The minimum atomic E-state index is -0.260. The zero-order valence-electron chi connectivity index (χ0n) is 28.1. The molecule has 5 aliphatic rings. The highest BCUT2D eigenvalue weighted by Gasteiger charge is 2.51. The molecule has 0 saturated carbocycles. The predicted octanol–water partition coefficient (Wildman–Crippen LogP) is 6.27.